The van der Waals surface area contributed by atoms with E-state index in [1.165, 1.54) is 0 Å². The molecule has 0 spiro atoms. The van der Waals surface area contributed by atoms with Crippen LogP contribution in [0.25, 0.3) is 11.2 Å². The third-order valence-electron chi connectivity index (χ3n) is 1.68. The van der Waals surface area contributed by atoms with E-state index in [0.717, 1.165) is 11.1 Å². The molecule has 0 radical (unpaired) electrons. The largest absolute Gasteiger partial charge is 0.330 e. The zero-order valence-corrected chi connectivity index (χ0v) is 7.49. The smallest absolute Gasteiger partial charge is 0.201 e. The second kappa shape index (κ2) is 3.85. The summed E-state index contributed by atoms with van der Waals surface area (Å²) in [6, 6.07) is 1.84. The molecule has 2 aromatic heterocycles. The standard InChI is InChI=1S/C9H9N5/c10-4-2-1-3-7-5-8-9(11-6-7)13-14-12-8/h5-6H,2,4,10H2,(H,11,12,13,14). The summed E-state index contributed by atoms with van der Waals surface area (Å²) in [4.78, 5) is 4.08. The van der Waals surface area contributed by atoms with Crippen LogP contribution in [0.5, 0.6) is 0 Å². The molecule has 2 rings (SSSR count). The SMILES string of the molecule is NCCC#Cc1cnc2n[nH]nc2c1. The van der Waals surface area contributed by atoms with Gasteiger partial charge < -0.3 is 5.73 Å². The zero-order valence-electron chi connectivity index (χ0n) is 7.49. The first-order valence-corrected chi connectivity index (χ1v) is 4.25. The van der Waals surface area contributed by atoms with E-state index in [0.29, 0.717) is 18.6 Å². The summed E-state index contributed by atoms with van der Waals surface area (Å²) in [7, 11) is 0. The molecule has 2 aromatic rings. The van der Waals surface area contributed by atoms with E-state index in [2.05, 4.69) is 32.2 Å². The van der Waals surface area contributed by atoms with Crippen LogP contribution >= 0.6 is 0 Å². The van der Waals surface area contributed by atoms with E-state index in [9.17, 15) is 0 Å². The number of aromatic amines is 1. The normalized spacial score (nSPS) is 9.79. The Morgan fingerprint density at radius 3 is 3.21 bits per heavy atom. The number of fused-ring (bicyclic) bond motifs is 1. The lowest BCUT2D eigenvalue weighted by atomic mass is 10.2. The second-order valence-corrected chi connectivity index (χ2v) is 2.73. The van der Waals surface area contributed by atoms with Gasteiger partial charge in [-0.3, -0.25) is 0 Å². The summed E-state index contributed by atoms with van der Waals surface area (Å²) >= 11 is 0. The molecule has 0 aromatic carbocycles. The van der Waals surface area contributed by atoms with Crippen LogP contribution in [0.2, 0.25) is 0 Å². The Labute approximate surface area is 80.7 Å². The van der Waals surface area contributed by atoms with Crippen molar-refractivity contribution in [3.8, 4) is 11.8 Å². The average molecular weight is 187 g/mol. The minimum Gasteiger partial charge on any atom is -0.330 e. The van der Waals surface area contributed by atoms with Crippen LogP contribution < -0.4 is 5.73 Å². The highest BCUT2D eigenvalue weighted by atomic mass is 15.3. The van der Waals surface area contributed by atoms with Crippen LogP contribution in [0.4, 0.5) is 0 Å². The molecule has 14 heavy (non-hydrogen) atoms. The van der Waals surface area contributed by atoms with Crippen molar-refractivity contribution >= 4 is 11.2 Å². The Bertz CT molecular complexity index is 490. The Kier molecular flexibility index (Phi) is 2.38. The molecular formula is C9H9N5. The van der Waals surface area contributed by atoms with Crippen LogP contribution in [-0.2, 0) is 0 Å². The number of nitrogens with zero attached hydrogens (tertiary/aromatic N) is 3. The topological polar surface area (TPSA) is 80.5 Å². The third kappa shape index (κ3) is 1.70. The van der Waals surface area contributed by atoms with Gasteiger partial charge in [-0.1, -0.05) is 11.8 Å². The van der Waals surface area contributed by atoms with Gasteiger partial charge in [-0.05, 0) is 6.07 Å². The van der Waals surface area contributed by atoms with Crippen LogP contribution in [0.3, 0.4) is 0 Å². The van der Waals surface area contributed by atoms with Gasteiger partial charge in [-0.2, -0.15) is 10.3 Å². The van der Waals surface area contributed by atoms with Crippen molar-refractivity contribution in [3.63, 3.8) is 0 Å². The Morgan fingerprint density at radius 1 is 1.43 bits per heavy atom. The fraction of sp³-hybridized carbons (Fsp3) is 0.222. The number of nitrogens with one attached hydrogen (secondary N) is 1. The predicted octanol–water partition coefficient (Wildman–Crippen LogP) is 0.0532. The van der Waals surface area contributed by atoms with Gasteiger partial charge in [0.25, 0.3) is 0 Å². The average Bonchev–Trinajstić information content (AvgIpc) is 2.65. The molecular weight excluding hydrogens is 178 g/mol. The maximum atomic E-state index is 5.32. The van der Waals surface area contributed by atoms with Crippen molar-refractivity contribution in [2.24, 2.45) is 5.73 Å². The van der Waals surface area contributed by atoms with E-state index in [1.807, 2.05) is 6.07 Å². The van der Waals surface area contributed by atoms with Crippen LogP contribution in [0, 0.1) is 11.8 Å². The lowest BCUT2D eigenvalue weighted by Crippen LogP contribution is -1.95. The van der Waals surface area contributed by atoms with Gasteiger partial charge in [-0.25, -0.2) is 4.98 Å². The fourth-order valence-electron chi connectivity index (χ4n) is 1.05. The van der Waals surface area contributed by atoms with Crippen molar-refractivity contribution in [1.82, 2.24) is 20.4 Å². The van der Waals surface area contributed by atoms with Gasteiger partial charge in [0.05, 0.1) is 0 Å². The summed E-state index contributed by atoms with van der Waals surface area (Å²) < 4.78 is 0. The summed E-state index contributed by atoms with van der Waals surface area (Å²) in [6.45, 7) is 0.576. The molecule has 0 saturated heterocycles. The number of nitrogens with two attached hydrogens (primary N) is 1. The molecule has 0 aliphatic heterocycles. The second-order valence-electron chi connectivity index (χ2n) is 2.73. The van der Waals surface area contributed by atoms with Crippen LogP contribution in [-0.4, -0.2) is 26.9 Å². The van der Waals surface area contributed by atoms with E-state index in [4.69, 9.17) is 5.73 Å². The van der Waals surface area contributed by atoms with Crippen molar-refractivity contribution in [2.75, 3.05) is 6.54 Å². The molecule has 70 valence electrons. The first-order chi connectivity index (χ1) is 6.90. The van der Waals surface area contributed by atoms with E-state index < -0.39 is 0 Å². The summed E-state index contributed by atoms with van der Waals surface area (Å²) in [5.74, 6) is 5.89. The molecule has 0 unspecified atom stereocenters. The number of H-pyrrole nitrogens is 1. The Hall–Kier alpha value is -1.93. The lowest BCUT2D eigenvalue weighted by Gasteiger charge is -1.87. The molecule has 0 bridgehead atoms. The summed E-state index contributed by atoms with van der Waals surface area (Å²) in [6.07, 6.45) is 2.37. The highest BCUT2D eigenvalue weighted by molar-refractivity contribution is 5.70. The van der Waals surface area contributed by atoms with E-state index in [-0.39, 0.29) is 0 Å². The first kappa shape index (κ1) is 8.66. The molecule has 5 heteroatoms. The summed E-state index contributed by atoms with van der Waals surface area (Å²) in [5, 5.41) is 10.3. The van der Waals surface area contributed by atoms with E-state index >= 15 is 0 Å². The Balaban J connectivity index is 2.31. The molecule has 0 atom stereocenters. The molecule has 3 N–H and O–H groups in total. The van der Waals surface area contributed by atoms with Gasteiger partial charge in [0, 0.05) is 24.7 Å². The third-order valence-corrected chi connectivity index (χ3v) is 1.68. The molecule has 0 fully saturated rings. The quantitative estimate of drug-likeness (QED) is 0.618. The number of hydrogen-bond acceptors (Lipinski definition) is 4. The highest BCUT2D eigenvalue weighted by Crippen LogP contribution is 2.05. The van der Waals surface area contributed by atoms with Gasteiger partial charge >= 0.3 is 0 Å². The predicted molar refractivity (Wildman–Crippen MR) is 52.2 cm³/mol. The monoisotopic (exact) mass is 187 g/mol. The van der Waals surface area contributed by atoms with Crippen molar-refractivity contribution < 1.29 is 0 Å². The molecule has 0 aliphatic rings. The minimum absolute atomic E-state index is 0.576. The lowest BCUT2D eigenvalue weighted by molar-refractivity contribution is 0.954. The Morgan fingerprint density at radius 2 is 2.36 bits per heavy atom. The van der Waals surface area contributed by atoms with Gasteiger partial charge in [0.2, 0.25) is 5.65 Å². The van der Waals surface area contributed by atoms with Crippen LogP contribution in [0.15, 0.2) is 12.3 Å². The van der Waals surface area contributed by atoms with Gasteiger partial charge in [-0.15, -0.1) is 5.10 Å². The maximum absolute atomic E-state index is 5.32. The molecule has 2 heterocycles. The fourth-order valence-corrected chi connectivity index (χ4v) is 1.05. The molecule has 0 amide bonds. The molecule has 0 saturated carbocycles. The van der Waals surface area contributed by atoms with Gasteiger partial charge in [0.15, 0.2) is 0 Å². The zero-order chi connectivity index (χ0) is 9.80. The number of rotatable bonds is 1. The summed E-state index contributed by atoms with van der Waals surface area (Å²) in [5.41, 5.74) is 7.49. The van der Waals surface area contributed by atoms with Crippen molar-refractivity contribution in [2.45, 2.75) is 6.42 Å². The van der Waals surface area contributed by atoms with Crippen LogP contribution in [0.1, 0.15) is 12.0 Å². The number of pyridine rings is 1. The molecule has 5 nitrogen and oxygen atoms in total. The van der Waals surface area contributed by atoms with Crippen molar-refractivity contribution in [1.29, 1.82) is 0 Å². The maximum Gasteiger partial charge on any atom is 0.201 e. The molecule has 0 aliphatic carbocycles. The first-order valence-electron chi connectivity index (χ1n) is 4.25. The highest BCUT2D eigenvalue weighted by Gasteiger charge is 1.98. The number of aromatic nitrogens is 4. The number of hydrogen-bond donors (Lipinski definition) is 2. The van der Waals surface area contributed by atoms with E-state index in [1.54, 1.807) is 6.20 Å². The minimum atomic E-state index is 0.576. The van der Waals surface area contributed by atoms with Crippen molar-refractivity contribution in [3.05, 3.63) is 17.8 Å². The van der Waals surface area contributed by atoms with Gasteiger partial charge in [0.1, 0.15) is 5.52 Å².